The van der Waals surface area contributed by atoms with Crippen LogP contribution >= 0.6 is 11.8 Å². The van der Waals surface area contributed by atoms with Gasteiger partial charge in [-0.3, -0.25) is 0 Å². The summed E-state index contributed by atoms with van der Waals surface area (Å²) in [4.78, 5) is -0.292. The number of ether oxygens (including phenoxy) is 1. The zero-order valence-electron chi connectivity index (χ0n) is 11.5. The molecule has 0 bridgehead atoms. The number of methoxy groups -OCH3 is 1. The number of hydrogen-bond acceptors (Lipinski definition) is 5. The van der Waals surface area contributed by atoms with Gasteiger partial charge in [-0.1, -0.05) is 0 Å². The van der Waals surface area contributed by atoms with Crippen LogP contribution in [0.25, 0.3) is 0 Å². The molecule has 0 saturated carbocycles. The van der Waals surface area contributed by atoms with Gasteiger partial charge in [0.05, 0.1) is 12.7 Å². The molecular formula is C12H18FNO4S2. The lowest BCUT2D eigenvalue weighted by Crippen LogP contribution is -2.42. The topological polar surface area (TPSA) is 75.6 Å². The maximum Gasteiger partial charge on any atom is 0.244 e. The second-order valence-corrected chi connectivity index (χ2v) is 7.15. The zero-order chi connectivity index (χ0) is 15.4. The fraction of sp³-hybridized carbons (Fsp3) is 0.500. The molecule has 0 amide bonds. The van der Waals surface area contributed by atoms with Crippen molar-refractivity contribution in [3.05, 3.63) is 24.0 Å². The standard InChI is InChI=1S/C12H18FNO4S2/c1-12(15,8-19-3)7-14-20(16,17)11-6-9(13)4-5-10(11)18-2/h4-6,14-15H,7-8H2,1-3H3/t12-/m1/s1. The van der Waals surface area contributed by atoms with E-state index in [1.165, 1.54) is 31.9 Å². The molecule has 0 unspecified atom stereocenters. The molecule has 0 radical (unpaired) electrons. The second kappa shape index (κ2) is 6.75. The van der Waals surface area contributed by atoms with E-state index >= 15 is 0 Å². The van der Waals surface area contributed by atoms with Crippen molar-refractivity contribution in [1.29, 1.82) is 0 Å². The van der Waals surface area contributed by atoms with Gasteiger partial charge in [0.1, 0.15) is 16.5 Å². The fourth-order valence-corrected chi connectivity index (χ4v) is 3.62. The third kappa shape index (κ3) is 4.62. The minimum Gasteiger partial charge on any atom is -0.495 e. The van der Waals surface area contributed by atoms with Crippen LogP contribution in [-0.4, -0.2) is 44.8 Å². The van der Waals surface area contributed by atoms with Gasteiger partial charge in [0.15, 0.2) is 0 Å². The first-order valence-electron chi connectivity index (χ1n) is 5.76. The zero-order valence-corrected chi connectivity index (χ0v) is 13.1. The van der Waals surface area contributed by atoms with Crippen LogP contribution in [-0.2, 0) is 10.0 Å². The van der Waals surface area contributed by atoms with Gasteiger partial charge in [0, 0.05) is 12.3 Å². The molecule has 5 nitrogen and oxygen atoms in total. The SMILES string of the molecule is COc1ccc(F)cc1S(=O)(=O)NC[C@@](C)(O)CSC. The highest BCUT2D eigenvalue weighted by atomic mass is 32.2. The molecule has 0 spiro atoms. The molecule has 1 atom stereocenters. The summed E-state index contributed by atoms with van der Waals surface area (Å²) < 4.78 is 44.7. The van der Waals surface area contributed by atoms with E-state index in [0.717, 1.165) is 12.1 Å². The molecule has 0 saturated heterocycles. The van der Waals surface area contributed by atoms with Crippen LogP contribution in [0, 0.1) is 5.82 Å². The van der Waals surface area contributed by atoms with Crippen molar-refractivity contribution in [3.63, 3.8) is 0 Å². The largest absolute Gasteiger partial charge is 0.495 e. The van der Waals surface area contributed by atoms with Crippen LogP contribution in [0.15, 0.2) is 23.1 Å². The summed E-state index contributed by atoms with van der Waals surface area (Å²) in [5.41, 5.74) is -1.19. The smallest absolute Gasteiger partial charge is 0.244 e. The molecule has 0 aliphatic carbocycles. The van der Waals surface area contributed by atoms with Gasteiger partial charge in [-0.25, -0.2) is 17.5 Å². The number of hydrogen-bond donors (Lipinski definition) is 2. The molecular weight excluding hydrogens is 305 g/mol. The van der Waals surface area contributed by atoms with Crippen molar-refractivity contribution < 1.29 is 22.7 Å². The van der Waals surface area contributed by atoms with E-state index in [-0.39, 0.29) is 17.2 Å². The van der Waals surface area contributed by atoms with Gasteiger partial charge in [-0.2, -0.15) is 11.8 Å². The van der Waals surface area contributed by atoms with Crippen molar-refractivity contribution in [2.75, 3.05) is 25.7 Å². The average molecular weight is 323 g/mol. The number of aliphatic hydroxyl groups is 1. The van der Waals surface area contributed by atoms with E-state index in [1.54, 1.807) is 6.26 Å². The molecule has 1 aromatic rings. The number of sulfonamides is 1. The number of thioether (sulfide) groups is 1. The highest BCUT2D eigenvalue weighted by Gasteiger charge is 2.26. The lowest BCUT2D eigenvalue weighted by molar-refractivity contribution is 0.0908. The highest BCUT2D eigenvalue weighted by molar-refractivity contribution is 7.98. The Morgan fingerprint density at radius 1 is 1.50 bits per heavy atom. The molecule has 20 heavy (non-hydrogen) atoms. The Kier molecular flexibility index (Phi) is 5.81. The number of halogens is 1. The van der Waals surface area contributed by atoms with Gasteiger partial charge in [-0.15, -0.1) is 0 Å². The van der Waals surface area contributed by atoms with E-state index < -0.39 is 21.4 Å². The number of nitrogens with one attached hydrogen (secondary N) is 1. The van der Waals surface area contributed by atoms with Gasteiger partial charge in [-0.05, 0) is 31.4 Å². The Morgan fingerprint density at radius 3 is 2.70 bits per heavy atom. The summed E-state index contributed by atoms with van der Waals surface area (Å²) in [7, 11) is -2.66. The molecule has 1 aromatic carbocycles. The van der Waals surface area contributed by atoms with Gasteiger partial charge in [0.2, 0.25) is 10.0 Å². The first-order chi connectivity index (χ1) is 9.22. The minimum atomic E-state index is -3.96. The molecule has 0 aromatic heterocycles. The van der Waals surface area contributed by atoms with E-state index in [2.05, 4.69) is 4.72 Å². The maximum atomic E-state index is 13.2. The summed E-state index contributed by atoms with van der Waals surface area (Å²) in [5, 5.41) is 9.95. The molecule has 1 rings (SSSR count). The van der Waals surface area contributed by atoms with Crippen LogP contribution in [0.2, 0.25) is 0 Å². The summed E-state index contributed by atoms with van der Waals surface area (Å²) in [5.74, 6) is -0.263. The first kappa shape index (κ1) is 17.2. The van der Waals surface area contributed by atoms with Crippen molar-refractivity contribution in [1.82, 2.24) is 4.72 Å². The van der Waals surface area contributed by atoms with E-state index in [1.807, 2.05) is 0 Å². The monoisotopic (exact) mass is 323 g/mol. The van der Waals surface area contributed by atoms with Crippen LogP contribution in [0.5, 0.6) is 5.75 Å². The van der Waals surface area contributed by atoms with E-state index in [9.17, 15) is 17.9 Å². The average Bonchev–Trinajstić information content (AvgIpc) is 2.37. The van der Waals surface area contributed by atoms with Gasteiger partial charge < -0.3 is 9.84 Å². The Labute approximate surface area is 122 Å². The van der Waals surface area contributed by atoms with E-state index in [4.69, 9.17) is 4.74 Å². The lowest BCUT2D eigenvalue weighted by atomic mass is 10.1. The first-order valence-corrected chi connectivity index (χ1v) is 8.64. The van der Waals surface area contributed by atoms with Crippen molar-refractivity contribution in [2.45, 2.75) is 17.4 Å². The summed E-state index contributed by atoms with van der Waals surface area (Å²) in [6.07, 6.45) is 1.80. The Hall–Kier alpha value is -0.830. The molecule has 8 heteroatoms. The van der Waals surface area contributed by atoms with Gasteiger partial charge >= 0.3 is 0 Å². The summed E-state index contributed by atoms with van der Waals surface area (Å²) >= 11 is 1.40. The van der Waals surface area contributed by atoms with Crippen molar-refractivity contribution >= 4 is 21.8 Å². The molecule has 0 aliphatic heterocycles. The molecule has 0 aliphatic rings. The molecule has 2 N–H and O–H groups in total. The van der Waals surface area contributed by atoms with Crippen LogP contribution < -0.4 is 9.46 Å². The van der Waals surface area contributed by atoms with Crippen LogP contribution in [0.3, 0.4) is 0 Å². The van der Waals surface area contributed by atoms with Crippen molar-refractivity contribution in [2.24, 2.45) is 0 Å². The predicted molar refractivity (Wildman–Crippen MR) is 77.1 cm³/mol. The summed E-state index contributed by atoms with van der Waals surface area (Å²) in [6.45, 7) is 1.35. The number of rotatable bonds is 7. The molecule has 0 fully saturated rings. The third-order valence-electron chi connectivity index (χ3n) is 2.51. The van der Waals surface area contributed by atoms with Crippen LogP contribution in [0.1, 0.15) is 6.92 Å². The third-order valence-corrected chi connectivity index (χ3v) is 4.85. The number of benzene rings is 1. The lowest BCUT2D eigenvalue weighted by Gasteiger charge is -2.22. The fourth-order valence-electron chi connectivity index (χ4n) is 1.55. The quantitative estimate of drug-likeness (QED) is 0.789. The Balaban J connectivity index is 2.97. The second-order valence-electron chi connectivity index (χ2n) is 4.55. The normalized spacial score (nSPS) is 14.8. The van der Waals surface area contributed by atoms with Gasteiger partial charge in [0.25, 0.3) is 0 Å². The van der Waals surface area contributed by atoms with Crippen LogP contribution in [0.4, 0.5) is 4.39 Å². The summed E-state index contributed by atoms with van der Waals surface area (Å²) in [6, 6.07) is 3.23. The Morgan fingerprint density at radius 2 is 2.15 bits per heavy atom. The van der Waals surface area contributed by atoms with Crippen molar-refractivity contribution in [3.8, 4) is 5.75 Å². The Bertz CT molecular complexity index is 561. The minimum absolute atomic E-state index is 0.0448. The predicted octanol–water partition coefficient (Wildman–Crippen LogP) is 1.23. The molecule has 0 heterocycles. The maximum absolute atomic E-state index is 13.2. The highest BCUT2D eigenvalue weighted by Crippen LogP contribution is 2.24. The van der Waals surface area contributed by atoms with E-state index in [0.29, 0.717) is 5.75 Å². The molecule has 114 valence electrons.